The number of piperidine rings is 1. The molecular weight excluding hydrogens is 547 g/mol. The third kappa shape index (κ3) is 7.75. The van der Waals surface area contributed by atoms with E-state index >= 15 is 0 Å². The SMILES string of the molecule is O=C(Cc1ccccc1)NC(=S)Nc1ccc(Oc2ccnc(NC(=O)N3CCC(N4CC(O)C4)CC3)c2)c(F)c1. The molecule has 0 aliphatic carbocycles. The lowest BCUT2D eigenvalue weighted by molar-refractivity contribution is -0.119. The predicted molar refractivity (Wildman–Crippen MR) is 156 cm³/mol. The van der Waals surface area contributed by atoms with Gasteiger partial charge in [0, 0.05) is 56.2 Å². The number of aromatic nitrogens is 1. The van der Waals surface area contributed by atoms with Crippen LogP contribution >= 0.6 is 12.2 Å². The number of ether oxygens (including phenoxy) is 1. The van der Waals surface area contributed by atoms with Crippen molar-refractivity contribution in [3.05, 3.63) is 78.2 Å². The number of amides is 3. The van der Waals surface area contributed by atoms with E-state index in [0.717, 1.165) is 18.4 Å². The number of carbonyl (C=O) groups excluding carboxylic acids is 2. The van der Waals surface area contributed by atoms with Gasteiger partial charge in [0.1, 0.15) is 11.6 Å². The van der Waals surface area contributed by atoms with E-state index in [1.54, 1.807) is 17.0 Å². The highest BCUT2D eigenvalue weighted by molar-refractivity contribution is 7.80. The van der Waals surface area contributed by atoms with Crippen LogP contribution in [0.1, 0.15) is 18.4 Å². The highest BCUT2D eigenvalue weighted by Crippen LogP contribution is 2.28. The molecule has 1 aromatic heterocycles. The van der Waals surface area contributed by atoms with Crippen molar-refractivity contribution in [2.45, 2.75) is 31.4 Å². The van der Waals surface area contributed by atoms with Crippen LogP contribution in [0.5, 0.6) is 11.5 Å². The van der Waals surface area contributed by atoms with Crippen LogP contribution in [0.2, 0.25) is 0 Å². The van der Waals surface area contributed by atoms with Gasteiger partial charge in [-0.3, -0.25) is 15.0 Å². The van der Waals surface area contributed by atoms with Crippen molar-refractivity contribution in [2.24, 2.45) is 0 Å². The fourth-order valence-electron chi connectivity index (χ4n) is 4.85. The van der Waals surface area contributed by atoms with E-state index in [1.807, 2.05) is 30.3 Å². The Morgan fingerprint density at radius 3 is 2.51 bits per heavy atom. The Labute approximate surface area is 242 Å². The fraction of sp³-hybridized carbons (Fsp3) is 0.310. The van der Waals surface area contributed by atoms with Gasteiger partial charge in [0.25, 0.3) is 0 Å². The summed E-state index contributed by atoms with van der Waals surface area (Å²) >= 11 is 5.18. The highest BCUT2D eigenvalue weighted by Gasteiger charge is 2.33. The summed E-state index contributed by atoms with van der Waals surface area (Å²) in [5.74, 6) is -0.374. The van der Waals surface area contributed by atoms with E-state index < -0.39 is 5.82 Å². The van der Waals surface area contributed by atoms with E-state index in [4.69, 9.17) is 17.0 Å². The topological polar surface area (TPSA) is 119 Å². The standard InChI is InChI=1S/C29H31FN6O4S/c30-24-15-20(32-28(41)34-27(38)14-19-4-2-1-3-5-19)6-7-25(24)40-23-8-11-31-26(16-23)33-29(39)35-12-9-21(10-13-35)36-17-22(37)18-36/h1-8,11,15-16,21-22,37H,9-10,12-14,17-18H2,(H,31,33,39)(H2,32,34,38,41). The number of β-amino-alcohol motifs (C(OH)–C–C–N with tert-alkyl or cyclic N) is 1. The fourth-order valence-corrected chi connectivity index (χ4v) is 5.09. The largest absolute Gasteiger partial charge is 0.454 e. The van der Waals surface area contributed by atoms with Crippen LogP contribution in [0.3, 0.4) is 0 Å². The van der Waals surface area contributed by atoms with Gasteiger partial charge in [-0.25, -0.2) is 14.2 Å². The average Bonchev–Trinajstić information content (AvgIpc) is 2.93. The maximum atomic E-state index is 14.8. The van der Waals surface area contributed by atoms with Crippen LogP contribution in [-0.4, -0.2) is 75.3 Å². The van der Waals surface area contributed by atoms with Crippen LogP contribution in [0, 0.1) is 5.82 Å². The second kappa shape index (κ2) is 13.0. The van der Waals surface area contributed by atoms with Gasteiger partial charge in [0.15, 0.2) is 16.7 Å². The van der Waals surface area contributed by atoms with Crippen molar-refractivity contribution < 1.29 is 23.8 Å². The Kier molecular flexibility index (Phi) is 9.02. The number of carbonyl (C=O) groups is 2. The molecule has 2 saturated heterocycles. The third-order valence-electron chi connectivity index (χ3n) is 7.00. The number of hydrogen-bond acceptors (Lipinski definition) is 7. The van der Waals surface area contributed by atoms with Crippen molar-refractivity contribution >= 4 is 40.8 Å². The molecule has 4 N–H and O–H groups in total. The number of benzene rings is 2. The molecule has 10 nitrogen and oxygen atoms in total. The molecule has 3 heterocycles. The minimum absolute atomic E-state index is 0.0313. The molecule has 12 heteroatoms. The summed E-state index contributed by atoms with van der Waals surface area (Å²) in [6.07, 6.45) is 3.11. The molecule has 2 aromatic carbocycles. The second-order valence-electron chi connectivity index (χ2n) is 10.0. The Hall–Kier alpha value is -4.13. The second-order valence-corrected chi connectivity index (χ2v) is 10.5. The molecule has 2 aliphatic heterocycles. The Bertz CT molecular complexity index is 1400. The summed E-state index contributed by atoms with van der Waals surface area (Å²) in [6.45, 7) is 2.64. The highest BCUT2D eigenvalue weighted by atomic mass is 32.1. The van der Waals surface area contributed by atoms with Gasteiger partial charge >= 0.3 is 6.03 Å². The number of urea groups is 1. The average molecular weight is 579 g/mol. The molecule has 0 radical (unpaired) electrons. The molecule has 3 aromatic rings. The first-order chi connectivity index (χ1) is 19.8. The zero-order valence-corrected chi connectivity index (χ0v) is 23.1. The van der Waals surface area contributed by atoms with Crippen molar-refractivity contribution in [1.29, 1.82) is 0 Å². The number of pyridine rings is 1. The first-order valence-electron chi connectivity index (χ1n) is 13.4. The number of anilines is 2. The lowest BCUT2D eigenvalue weighted by Gasteiger charge is -2.45. The maximum absolute atomic E-state index is 14.8. The Morgan fingerprint density at radius 2 is 1.80 bits per heavy atom. The summed E-state index contributed by atoms with van der Waals surface area (Å²) < 4.78 is 20.5. The quantitative estimate of drug-likeness (QED) is 0.313. The van der Waals surface area contributed by atoms with E-state index in [2.05, 4.69) is 25.8 Å². The van der Waals surface area contributed by atoms with Crippen LogP contribution < -0.4 is 20.7 Å². The van der Waals surface area contributed by atoms with Gasteiger partial charge in [0.2, 0.25) is 5.91 Å². The van der Waals surface area contributed by atoms with Gasteiger partial charge in [-0.05, 0) is 48.8 Å². The first kappa shape index (κ1) is 28.4. The zero-order valence-electron chi connectivity index (χ0n) is 22.3. The first-order valence-corrected chi connectivity index (χ1v) is 13.8. The molecule has 0 unspecified atom stereocenters. The summed E-state index contributed by atoms with van der Waals surface area (Å²) in [6, 6.07) is 16.7. The number of nitrogens with zero attached hydrogens (tertiary/aromatic N) is 3. The summed E-state index contributed by atoms with van der Waals surface area (Å²) in [5.41, 5.74) is 1.19. The summed E-state index contributed by atoms with van der Waals surface area (Å²) in [4.78, 5) is 33.1. The maximum Gasteiger partial charge on any atom is 0.323 e. The normalized spacial score (nSPS) is 16.0. The number of likely N-dealkylation sites (tertiary alicyclic amines) is 2. The summed E-state index contributed by atoms with van der Waals surface area (Å²) in [7, 11) is 0. The molecule has 0 saturated carbocycles. The lowest BCUT2D eigenvalue weighted by Crippen LogP contribution is -2.58. The molecule has 2 fully saturated rings. The number of aliphatic hydroxyl groups excluding tert-OH is 1. The number of halogens is 1. The van der Waals surface area contributed by atoms with Crippen LogP contribution in [0.4, 0.5) is 20.7 Å². The number of aliphatic hydroxyl groups is 1. The molecule has 0 atom stereocenters. The van der Waals surface area contributed by atoms with Gasteiger partial charge < -0.3 is 25.4 Å². The number of nitrogens with one attached hydrogen (secondary N) is 3. The zero-order chi connectivity index (χ0) is 28.8. The van der Waals surface area contributed by atoms with Crippen molar-refractivity contribution in [3.63, 3.8) is 0 Å². The molecule has 5 rings (SSSR count). The molecule has 3 amide bonds. The van der Waals surface area contributed by atoms with Crippen molar-refractivity contribution in [1.82, 2.24) is 20.1 Å². The Balaban J connectivity index is 1.10. The number of thiocarbonyl (C=S) groups is 1. The third-order valence-corrected chi connectivity index (χ3v) is 7.21. The minimum atomic E-state index is -0.645. The summed E-state index contributed by atoms with van der Waals surface area (Å²) in [5, 5.41) is 17.7. The van der Waals surface area contributed by atoms with Crippen LogP contribution in [0.15, 0.2) is 66.9 Å². The minimum Gasteiger partial charge on any atom is -0.454 e. The van der Waals surface area contributed by atoms with Crippen molar-refractivity contribution in [3.8, 4) is 11.5 Å². The predicted octanol–water partition coefficient (Wildman–Crippen LogP) is 3.74. The molecule has 0 bridgehead atoms. The van der Waals surface area contributed by atoms with Crippen molar-refractivity contribution in [2.75, 3.05) is 36.8 Å². The van der Waals surface area contributed by atoms with Gasteiger partial charge in [-0.1, -0.05) is 30.3 Å². The monoisotopic (exact) mass is 578 g/mol. The molecular formula is C29H31FN6O4S. The lowest BCUT2D eigenvalue weighted by atomic mass is 9.99. The van der Waals surface area contributed by atoms with E-state index in [-0.39, 0.29) is 41.1 Å². The van der Waals surface area contributed by atoms with E-state index in [1.165, 1.54) is 24.4 Å². The van der Waals surface area contributed by atoms with Gasteiger partial charge in [-0.2, -0.15) is 0 Å². The van der Waals surface area contributed by atoms with Gasteiger partial charge in [-0.15, -0.1) is 0 Å². The molecule has 41 heavy (non-hydrogen) atoms. The number of rotatable bonds is 7. The number of hydrogen-bond donors (Lipinski definition) is 4. The molecule has 214 valence electrons. The molecule has 2 aliphatic rings. The van der Waals surface area contributed by atoms with Gasteiger partial charge in [0.05, 0.1) is 12.5 Å². The smallest absolute Gasteiger partial charge is 0.323 e. The Morgan fingerprint density at radius 1 is 1.05 bits per heavy atom. The van der Waals surface area contributed by atoms with Crippen LogP contribution in [-0.2, 0) is 11.2 Å². The van der Waals surface area contributed by atoms with Crippen LogP contribution in [0.25, 0.3) is 0 Å². The van der Waals surface area contributed by atoms with E-state index in [9.17, 15) is 19.1 Å². The molecule has 0 spiro atoms. The van der Waals surface area contributed by atoms with E-state index in [0.29, 0.717) is 43.7 Å².